The second-order valence-electron chi connectivity index (χ2n) is 6.87. The number of rotatable bonds is 13. The molecule has 0 amide bonds. The summed E-state index contributed by atoms with van der Waals surface area (Å²) in [6.45, 7) is 9.16. The molecule has 0 rings (SSSR count). The van der Waals surface area contributed by atoms with Crippen molar-refractivity contribution in [1.82, 2.24) is 0 Å². The average molecular weight is 426 g/mol. The van der Waals surface area contributed by atoms with E-state index in [1.807, 2.05) is 0 Å². The number of hydrogen-bond acceptors (Lipinski definition) is 2. The van der Waals surface area contributed by atoms with Gasteiger partial charge in [0.25, 0.3) is 0 Å². The summed E-state index contributed by atoms with van der Waals surface area (Å²) in [7, 11) is 0. The molecule has 0 radical (unpaired) electrons. The molecule has 0 bridgehead atoms. The third-order valence-corrected chi connectivity index (χ3v) is 5.91. The maximum absolute atomic E-state index is 12.0. The van der Waals surface area contributed by atoms with Crippen LogP contribution in [0.15, 0.2) is 0 Å². The van der Waals surface area contributed by atoms with Crippen molar-refractivity contribution in [2.24, 2.45) is 17.8 Å². The molecule has 0 saturated carbocycles. The van der Waals surface area contributed by atoms with Crippen LogP contribution >= 0.6 is 34.4 Å². The molecule has 0 N–H and O–H groups in total. The van der Waals surface area contributed by atoms with Crippen molar-refractivity contribution < 1.29 is 4.79 Å². The average Bonchev–Trinajstić information content (AvgIpc) is 2.41. The first kappa shape index (κ1) is 21.8. The maximum Gasteiger partial charge on any atom is 0.188 e. The molecular formula is C18H35IOS. The SMILES string of the molecule is CC(C)CCC(CSC(=O)CCCCCCCI)C(C)C. The lowest BCUT2D eigenvalue weighted by Gasteiger charge is -2.21. The Morgan fingerprint density at radius 1 is 0.952 bits per heavy atom. The van der Waals surface area contributed by atoms with Crippen LogP contribution in [0, 0.1) is 17.8 Å². The Labute approximate surface area is 150 Å². The van der Waals surface area contributed by atoms with Gasteiger partial charge in [0.05, 0.1) is 0 Å². The van der Waals surface area contributed by atoms with Crippen LogP contribution in [0.2, 0.25) is 0 Å². The molecule has 0 aliphatic heterocycles. The van der Waals surface area contributed by atoms with E-state index in [1.54, 1.807) is 11.8 Å². The monoisotopic (exact) mass is 426 g/mol. The highest BCUT2D eigenvalue weighted by Gasteiger charge is 2.16. The first-order valence-corrected chi connectivity index (χ1v) is 11.2. The minimum atomic E-state index is 0.416. The number of carbonyl (C=O) groups is 1. The van der Waals surface area contributed by atoms with Gasteiger partial charge in [-0.15, -0.1) is 0 Å². The molecule has 1 nitrogen and oxygen atoms in total. The second kappa shape index (κ2) is 14.3. The van der Waals surface area contributed by atoms with E-state index in [4.69, 9.17) is 0 Å². The van der Waals surface area contributed by atoms with Gasteiger partial charge in [0, 0.05) is 12.2 Å². The Hall–Kier alpha value is 0.750. The van der Waals surface area contributed by atoms with Crippen LogP contribution in [0.25, 0.3) is 0 Å². The van der Waals surface area contributed by atoms with Crippen molar-refractivity contribution in [3.63, 3.8) is 0 Å². The molecule has 21 heavy (non-hydrogen) atoms. The van der Waals surface area contributed by atoms with Crippen LogP contribution in [0.5, 0.6) is 0 Å². The fourth-order valence-corrected chi connectivity index (χ4v) is 4.10. The van der Waals surface area contributed by atoms with Crippen molar-refractivity contribution in [1.29, 1.82) is 0 Å². The minimum absolute atomic E-state index is 0.416. The van der Waals surface area contributed by atoms with Gasteiger partial charge in [0.15, 0.2) is 5.12 Å². The van der Waals surface area contributed by atoms with Gasteiger partial charge in [0.2, 0.25) is 0 Å². The van der Waals surface area contributed by atoms with Crippen molar-refractivity contribution in [2.45, 2.75) is 79.1 Å². The molecule has 0 aliphatic rings. The second-order valence-corrected chi connectivity index (χ2v) is 9.02. The number of hydrogen-bond donors (Lipinski definition) is 0. The van der Waals surface area contributed by atoms with Gasteiger partial charge in [-0.3, -0.25) is 4.79 Å². The largest absolute Gasteiger partial charge is 0.287 e. The van der Waals surface area contributed by atoms with E-state index >= 15 is 0 Å². The summed E-state index contributed by atoms with van der Waals surface area (Å²) in [5, 5.41) is 0.416. The highest BCUT2D eigenvalue weighted by molar-refractivity contribution is 14.1. The molecule has 0 aliphatic carbocycles. The lowest BCUT2D eigenvalue weighted by Crippen LogP contribution is -2.14. The van der Waals surface area contributed by atoms with Gasteiger partial charge < -0.3 is 0 Å². The molecule has 0 aromatic heterocycles. The van der Waals surface area contributed by atoms with Gasteiger partial charge in [-0.25, -0.2) is 0 Å². The summed E-state index contributed by atoms with van der Waals surface area (Å²) >= 11 is 4.03. The van der Waals surface area contributed by atoms with Gasteiger partial charge in [0.1, 0.15) is 0 Å². The number of halogens is 1. The molecule has 0 aromatic rings. The molecular weight excluding hydrogens is 391 g/mol. The molecule has 0 saturated heterocycles. The van der Waals surface area contributed by atoms with Crippen molar-refractivity contribution in [2.75, 3.05) is 10.2 Å². The highest BCUT2D eigenvalue weighted by Crippen LogP contribution is 2.25. The predicted octanol–water partition coefficient (Wildman–Crippen LogP) is 6.73. The quantitative estimate of drug-likeness (QED) is 0.185. The lowest BCUT2D eigenvalue weighted by atomic mass is 9.90. The van der Waals surface area contributed by atoms with Gasteiger partial charge in [-0.2, -0.15) is 0 Å². The molecule has 1 atom stereocenters. The summed E-state index contributed by atoms with van der Waals surface area (Å²) < 4.78 is 1.26. The van der Waals surface area contributed by atoms with Gasteiger partial charge >= 0.3 is 0 Å². The Kier molecular flexibility index (Phi) is 14.9. The number of thioether (sulfide) groups is 1. The molecule has 3 heteroatoms. The fraction of sp³-hybridized carbons (Fsp3) is 0.944. The molecule has 126 valence electrons. The normalized spacial score (nSPS) is 13.1. The first-order chi connectivity index (χ1) is 9.97. The van der Waals surface area contributed by atoms with Crippen molar-refractivity contribution >= 4 is 39.5 Å². The van der Waals surface area contributed by atoms with E-state index in [9.17, 15) is 4.79 Å². The van der Waals surface area contributed by atoms with Crippen LogP contribution in [-0.2, 0) is 4.79 Å². The molecule has 1 unspecified atom stereocenters. The van der Waals surface area contributed by atoms with Crippen molar-refractivity contribution in [3.8, 4) is 0 Å². The van der Waals surface area contributed by atoms with Crippen LogP contribution in [0.3, 0.4) is 0 Å². The van der Waals surface area contributed by atoms with E-state index in [2.05, 4.69) is 50.3 Å². The third-order valence-electron chi connectivity index (χ3n) is 4.03. The Balaban J connectivity index is 3.72. The Bertz CT molecular complexity index is 254. The number of unbranched alkanes of at least 4 members (excludes halogenated alkanes) is 4. The molecule has 0 spiro atoms. The molecule has 0 fully saturated rings. The molecule has 0 heterocycles. The number of alkyl halides is 1. The van der Waals surface area contributed by atoms with E-state index in [1.165, 1.54) is 43.0 Å². The van der Waals surface area contributed by atoms with E-state index < -0.39 is 0 Å². The summed E-state index contributed by atoms with van der Waals surface area (Å²) in [6, 6.07) is 0. The van der Waals surface area contributed by atoms with Crippen LogP contribution < -0.4 is 0 Å². The first-order valence-electron chi connectivity index (χ1n) is 8.69. The smallest absolute Gasteiger partial charge is 0.188 e. The van der Waals surface area contributed by atoms with E-state index in [0.717, 1.165) is 24.5 Å². The minimum Gasteiger partial charge on any atom is -0.287 e. The van der Waals surface area contributed by atoms with Crippen LogP contribution in [0.1, 0.15) is 79.1 Å². The van der Waals surface area contributed by atoms with Gasteiger partial charge in [-0.05, 0) is 41.4 Å². The number of carbonyl (C=O) groups excluding carboxylic acids is 1. The Morgan fingerprint density at radius 2 is 1.57 bits per heavy atom. The maximum atomic E-state index is 12.0. The van der Waals surface area contributed by atoms with E-state index in [-0.39, 0.29) is 0 Å². The zero-order chi connectivity index (χ0) is 16.1. The molecule has 0 aromatic carbocycles. The standard InChI is InChI=1S/C18H35IOS/c1-15(2)11-12-17(16(3)4)14-21-18(20)10-8-6-5-7-9-13-19/h15-17H,5-14H2,1-4H3. The van der Waals surface area contributed by atoms with Crippen molar-refractivity contribution in [3.05, 3.63) is 0 Å². The highest BCUT2D eigenvalue weighted by atomic mass is 127. The zero-order valence-corrected chi connectivity index (χ0v) is 17.5. The fourth-order valence-electron chi connectivity index (χ4n) is 2.32. The van der Waals surface area contributed by atoms with Gasteiger partial charge in [-0.1, -0.05) is 87.7 Å². The third kappa shape index (κ3) is 14.1. The predicted molar refractivity (Wildman–Crippen MR) is 106 cm³/mol. The topological polar surface area (TPSA) is 17.1 Å². The summed E-state index contributed by atoms with van der Waals surface area (Å²) in [5.41, 5.74) is 0. The summed E-state index contributed by atoms with van der Waals surface area (Å²) in [4.78, 5) is 12.0. The lowest BCUT2D eigenvalue weighted by molar-refractivity contribution is -0.111. The van der Waals surface area contributed by atoms with E-state index in [0.29, 0.717) is 17.0 Å². The Morgan fingerprint density at radius 3 is 2.14 bits per heavy atom. The van der Waals surface area contributed by atoms with Crippen LogP contribution in [-0.4, -0.2) is 15.3 Å². The van der Waals surface area contributed by atoms with Crippen LogP contribution in [0.4, 0.5) is 0 Å². The zero-order valence-electron chi connectivity index (χ0n) is 14.5. The summed E-state index contributed by atoms with van der Waals surface area (Å²) in [6.07, 6.45) is 9.60. The summed E-state index contributed by atoms with van der Waals surface area (Å²) in [5.74, 6) is 3.19.